The zero-order valence-electron chi connectivity index (χ0n) is 21.2. The Kier molecular flexibility index (Phi) is 18.1. The minimum Gasteiger partial charge on any atom is -0.120 e. The average Bonchev–Trinajstić information content (AvgIpc) is 2.70. The maximum absolute atomic E-state index is 5.93. The molecule has 0 bridgehead atoms. The van der Waals surface area contributed by atoms with Crippen molar-refractivity contribution < 1.29 is 0 Å². The summed E-state index contributed by atoms with van der Waals surface area (Å²) in [6, 6.07) is 0. The van der Waals surface area contributed by atoms with Crippen LogP contribution in [0.4, 0.5) is 0 Å². The summed E-state index contributed by atoms with van der Waals surface area (Å²) in [4.78, 5) is 0. The Balaban J connectivity index is 3.67. The van der Waals surface area contributed by atoms with Gasteiger partial charge in [0.25, 0.3) is 0 Å². The van der Waals surface area contributed by atoms with E-state index in [1.807, 2.05) is 0 Å². The van der Waals surface area contributed by atoms with Gasteiger partial charge < -0.3 is 0 Å². The second kappa shape index (κ2) is 18.3. The van der Waals surface area contributed by atoms with Gasteiger partial charge in [-0.2, -0.15) is 0 Å². The quantitative estimate of drug-likeness (QED) is 0.132. The van der Waals surface area contributed by atoms with Crippen LogP contribution in [0.3, 0.4) is 0 Å². The highest BCUT2D eigenvalue weighted by molar-refractivity contribution is 5.02. The van der Waals surface area contributed by atoms with E-state index >= 15 is 0 Å². The molecule has 0 saturated carbocycles. The van der Waals surface area contributed by atoms with Crippen molar-refractivity contribution in [1.82, 2.24) is 0 Å². The highest BCUT2D eigenvalue weighted by Gasteiger charge is 2.21. The van der Waals surface area contributed by atoms with E-state index in [1.165, 1.54) is 128 Å². The molecule has 0 amide bonds. The van der Waals surface area contributed by atoms with Crippen molar-refractivity contribution >= 4 is 0 Å². The first-order valence-electron chi connectivity index (χ1n) is 13.4. The molecular weight excluding hydrogens is 348 g/mol. The van der Waals surface area contributed by atoms with Crippen molar-refractivity contribution in [3.05, 3.63) is 0 Å². The number of terminal acetylenes is 1. The maximum Gasteiger partial charge on any atom is 0.0284 e. The number of unbranched alkanes of at least 4 members (excludes halogenated alkanes) is 13. The molecule has 0 nitrogen and oxygen atoms in total. The van der Waals surface area contributed by atoms with E-state index in [-0.39, 0.29) is 5.41 Å². The molecule has 0 aromatic heterocycles. The van der Waals surface area contributed by atoms with E-state index in [4.69, 9.17) is 6.42 Å². The van der Waals surface area contributed by atoms with Crippen LogP contribution in [0.15, 0.2) is 0 Å². The summed E-state index contributed by atoms with van der Waals surface area (Å²) >= 11 is 0. The lowest BCUT2D eigenvalue weighted by molar-refractivity contribution is 0.272. The largest absolute Gasteiger partial charge is 0.120 e. The first-order valence-corrected chi connectivity index (χ1v) is 13.4. The third kappa shape index (κ3) is 18.1. The second-order valence-electron chi connectivity index (χ2n) is 10.8. The first kappa shape index (κ1) is 28.6. The van der Waals surface area contributed by atoms with Crippen molar-refractivity contribution in [3.63, 3.8) is 0 Å². The summed E-state index contributed by atoms with van der Waals surface area (Å²) < 4.78 is 0. The fourth-order valence-corrected chi connectivity index (χ4v) is 4.52. The summed E-state index contributed by atoms with van der Waals surface area (Å²) in [6.45, 7) is 11.8. The van der Waals surface area contributed by atoms with E-state index in [2.05, 4.69) is 40.5 Å². The zero-order valence-corrected chi connectivity index (χ0v) is 21.2. The Hall–Kier alpha value is -0.440. The van der Waals surface area contributed by atoms with Gasteiger partial charge in [-0.3, -0.25) is 0 Å². The fourth-order valence-electron chi connectivity index (χ4n) is 4.52. The topological polar surface area (TPSA) is 0 Å². The molecule has 172 valence electrons. The van der Waals surface area contributed by atoms with Gasteiger partial charge in [-0.25, -0.2) is 0 Å². The predicted molar refractivity (Wildman–Crippen MR) is 134 cm³/mol. The molecule has 0 aliphatic heterocycles. The monoisotopic (exact) mass is 404 g/mol. The van der Waals surface area contributed by atoms with Crippen LogP contribution in [0.1, 0.15) is 163 Å². The SMILES string of the molecule is C#CC(C)(CCCCCCCCCCCCCC)CCCCC(C)(C)CCCC. The van der Waals surface area contributed by atoms with Gasteiger partial charge in [0.1, 0.15) is 0 Å². The van der Waals surface area contributed by atoms with Crippen molar-refractivity contribution in [2.24, 2.45) is 10.8 Å². The molecule has 1 atom stereocenters. The van der Waals surface area contributed by atoms with Gasteiger partial charge in [-0.05, 0) is 38.0 Å². The Morgan fingerprint density at radius 1 is 0.483 bits per heavy atom. The lowest BCUT2D eigenvalue weighted by Gasteiger charge is -2.27. The van der Waals surface area contributed by atoms with E-state index in [1.54, 1.807) is 0 Å². The van der Waals surface area contributed by atoms with Crippen LogP contribution in [0.2, 0.25) is 0 Å². The molecule has 0 N–H and O–H groups in total. The highest BCUT2D eigenvalue weighted by atomic mass is 14.3. The Labute approximate surface area is 186 Å². The molecule has 0 heteroatoms. The van der Waals surface area contributed by atoms with Crippen molar-refractivity contribution in [1.29, 1.82) is 0 Å². The molecular formula is C29H56. The minimum atomic E-state index is 0.131. The zero-order chi connectivity index (χ0) is 21.8. The van der Waals surface area contributed by atoms with Crippen LogP contribution in [0, 0.1) is 23.2 Å². The Bertz CT molecular complexity index is 385. The first-order chi connectivity index (χ1) is 13.9. The van der Waals surface area contributed by atoms with Gasteiger partial charge in [0.2, 0.25) is 0 Å². The smallest absolute Gasteiger partial charge is 0.0284 e. The van der Waals surface area contributed by atoms with Crippen LogP contribution < -0.4 is 0 Å². The van der Waals surface area contributed by atoms with Crippen LogP contribution in [-0.2, 0) is 0 Å². The molecule has 0 aliphatic rings. The predicted octanol–water partition coefficient (Wildman–Crippen LogP) is 10.5. The van der Waals surface area contributed by atoms with E-state index in [0.717, 1.165) is 0 Å². The molecule has 0 rings (SSSR count). The summed E-state index contributed by atoms with van der Waals surface area (Å²) in [6.07, 6.45) is 33.4. The van der Waals surface area contributed by atoms with Crippen LogP contribution in [0.5, 0.6) is 0 Å². The number of hydrogen-bond donors (Lipinski definition) is 0. The lowest BCUT2D eigenvalue weighted by Crippen LogP contribution is -2.15. The lowest BCUT2D eigenvalue weighted by atomic mass is 9.78. The molecule has 0 heterocycles. The normalized spacial score (nSPS) is 13.9. The molecule has 0 fully saturated rings. The van der Waals surface area contributed by atoms with Gasteiger partial charge in [-0.15, -0.1) is 12.3 Å². The van der Waals surface area contributed by atoms with E-state index in [9.17, 15) is 0 Å². The molecule has 0 saturated heterocycles. The number of hydrogen-bond acceptors (Lipinski definition) is 0. The van der Waals surface area contributed by atoms with Gasteiger partial charge in [-0.1, -0.05) is 130 Å². The second-order valence-corrected chi connectivity index (χ2v) is 10.8. The summed E-state index contributed by atoms with van der Waals surface area (Å²) in [7, 11) is 0. The third-order valence-corrected chi connectivity index (χ3v) is 6.97. The van der Waals surface area contributed by atoms with Gasteiger partial charge in [0.05, 0.1) is 0 Å². The summed E-state index contributed by atoms with van der Waals surface area (Å²) in [5.74, 6) is 3.15. The van der Waals surface area contributed by atoms with E-state index < -0.39 is 0 Å². The fraction of sp³-hybridized carbons (Fsp3) is 0.931. The minimum absolute atomic E-state index is 0.131. The highest BCUT2D eigenvalue weighted by Crippen LogP contribution is 2.34. The summed E-state index contributed by atoms with van der Waals surface area (Å²) in [5.41, 5.74) is 0.643. The van der Waals surface area contributed by atoms with Crippen molar-refractivity contribution in [2.45, 2.75) is 163 Å². The molecule has 0 aromatic carbocycles. The average molecular weight is 405 g/mol. The van der Waals surface area contributed by atoms with Gasteiger partial charge >= 0.3 is 0 Å². The summed E-state index contributed by atoms with van der Waals surface area (Å²) in [5, 5.41) is 0. The van der Waals surface area contributed by atoms with Crippen LogP contribution in [-0.4, -0.2) is 0 Å². The molecule has 0 radical (unpaired) electrons. The Morgan fingerprint density at radius 2 is 0.828 bits per heavy atom. The van der Waals surface area contributed by atoms with Gasteiger partial charge in [0.15, 0.2) is 0 Å². The standard InChI is InChI=1S/C29H56/c1-7-10-12-13-14-15-16-17-18-19-20-21-26-29(6,9-3)27-23-22-25-28(4,5)24-11-8-2/h3H,7-8,10-27H2,1-2,4-6H3. The molecule has 29 heavy (non-hydrogen) atoms. The molecule has 1 unspecified atom stereocenters. The van der Waals surface area contributed by atoms with Crippen LogP contribution >= 0.6 is 0 Å². The van der Waals surface area contributed by atoms with Crippen molar-refractivity contribution in [3.8, 4) is 12.3 Å². The third-order valence-electron chi connectivity index (χ3n) is 6.97. The maximum atomic E-state index is 5.93. The molecule has 0 aliphatic carbocycles. The van der Waals surface area contributed by atoms with Crippen molar-refractivity contribution in [2.75, 3.05) is 0 Å². The molecule has 0 spiro atoms. The molecule has 0 aromatic rings. The van der Waals surface area contributed by atoms with Crippen LogP contribution in [0.25, 0.3) is 0 Å². The van der Waals surface area contributed by atoms with Gasteiger partial charge in [0, 0.05) is 5.41 Å². The Morgan fingerprint density at radius 3 is 1.28 bits per heavy atom. The van der Waals surface area contributed by atoms with E-state index in [0.29, 0.717) is 5.41 Å². The number of rotatable bonds is 21.